The third-order valence-corrected chi connectivity index (χ3v) is 2.04. The average Bonchev–Trinajstić information content (AvgIpc) is 2.28. The average molecular weight is 352 g/mol. The molecule has 0 unspecified atom stereocenters. The van der Waals surface area contributed by atoms with Crippen LogP contribution in [0, 0.1) is 13.8 Å². The fourth-order valence-corrected chi connectivity index (χ4v) is 1.08. The quantitative estimate of drug-likeness (QED) is 0.679. The van der Waals surface area contributed by atoms with E-state index in [9.17, 15) is 10.2 Å². The van der Waals surface area contributed by atoms with Gasteiger partial charge in [0.15, 0.2) is 0 Å². The predicted molar refractivity (Wildman–Crippen MR) is 67.0 cm³/mol. The van der Waals surface area contributed by atoms with Gasteiger partial charge < -0.3 is 10.2 Å². The third-order valence-electron chi connectivity index (χ3n) is 2.04. The standard InChI is InChI=1S/2C7H8O.Ba/c2*1-6-2-4-7(8)5-3-6;/h2*2-5,8H,1H3;/q;;+2/p-2. The molecule has 0 aliphatic rings. The van der Waals surface area contributed by atoms with Gasteiger partial charge in [-0.3, -0.25) is 0 Å². The number of hydrogen-bond donors (Lipinski definition) is 0. The van der Waals surface area contributed by atoms with E-state index >= 15 is 0 Å². The predicted octanol–water partition coefficient (Wildman–Crippen LogP) is 1.76. The fraction of sp³-hybridized carbons (Fsp3) is 0.143. The van der Waals surface area contributed by atoms with Crippen LogP contribution in [0.2, 0.25) is 0 Å². The Labute approximate surface area is 142 Å². The summed E-state index contributed by atoms with van der Waals surface area (Å²) in [4.78, 5) is 0. The molecule has 2 rings (SSSR count). The Morgan fingerprint density at radius 1 is 0.588 bits per heavy atom. The van der Waals surface area contributed by atoms with Crippen LogP contribution in [0.15, 0.2) is 48.5 Å². The molecule has 0 aromatic heterocycles. The van der Waals surface area contributed by atoms with Crippen molar-refractivity contribution >= 4 is 48.9 Å². The zero-order valence-corrected chi connectivity index (χ0v) is 14.6. The molecule has 0 saturated heterocycles. The maximum atomic E-state index is 10.4. The monoisotopic (exact) mass is 352 g/mol. The first-order valence-corrected chi connectivity index (χ1v) is 5.05. The molecule has 0 spiro atoms. The van der Waals surface area contributed by atoms with Gasteiger partial charge in [0.2, 0.25) is 0 Å². The second-order valence-electron chi connectivity index (χ2n) is 3.63. The number of hydrogen-bond acceptors (Lipinski definition) is 2. The summed E-state index contributed by atoms with van der Waals surface area (Å²) in [6, 6.07) is 13.5. The van der Waals surface area contributed by atoms with Crippen LogP contribution in [0.3, 0.4) is 0 Å². The van der Waals surface area contributed by atoms with Gasteiger partial charge in [-0.15, -0.1) is 11.5 Å². The van der Waals surface area contributed by atoms with Crippen molar-refractivity contribution in [3.05, 3.63) is 59.7 Å². The molecule has 2 nitrogen and oxygen atoms in total. The van der Waals surface area contributed by atoms with E-state index in [1.165, 1.54) is 0 Å². The molecular weight excluding hydrogens is 337 g/mol. The second kappa shape index (κ2) is 8.67. The third kappa shape index (κ3) is 7.52. The zero-order valence-electron chi connectivity index (χ0n) is 10.1. The topological polar surface area (TPSA) is 46.1 Å². The van der Waals surface area contributed by atoms with Gasteiger partial charge in [0.25, 0.3) is 0 Å². The second-order valence-corrected chi connectivity index (χ2v) is 3.63. The van der Waals surface area contributed by atoms with E-state index in [0.717, 1.165) is 11.1 Å². The molecule has 2 aromatic rings. The van der Waals surface area contributed by atoms with Crippen LogP contribution in [0.5, 0.6) is 11.5 Å². The Hall–Kier alpha value is -0.389. The van der Waals surface area contributed by atoms with E-state index in [0.29, 0.717) is 0 Å². The van der Waals surface area contributed by atoms with Gasteiger partial charge in [-0.05, 0) is 13.8 Å². The first-order chi connectivity index (χ1) is 7.58. The Kier molecular flexibility index (Phi) is 8.47. The normalized spacial score (nSPS) is 8.59. The molecule has 2 aromatic carbocycles. The summed E-state index contributed by atoms with van der Waals surface area (Å²) < 4.78 is 0. The molecule has 0 atom stereocenters. The molecule has 0 N–H and O–H groups in total. The summed E-state index contributed by atoms with van der Waals surface area (Å²) in [6.07, 6.45) is 0. The zero-order chi connectivity index (χ0) is 12.0. The van der Waals surface area contributed by atoms with Crippen LogP contribution >= 0.6 is 0 Å². The van der Waals surface area contributed by atoms with Crippen molar-refractivity contribution in [3.63, 3.8) is 0 Å². The molecule has 3 heteroatoms. The van der Waals surface area contributed by atoms with Gasteiger partial charge in [-0.25, -0.2) is 0 Å². The summed E-state index contributed by atoms with van der Waals surface area (Å²) >= 11 is 0. The van der Waals surface area contributed by atoms with Crippen molar-refractivity contribution in [3.8, 4) is 11.5 Å². The Morgan fingerprint density at radius 3 is 1.00 bits per heavy atom. The first-order valence-electron chi connectivity index (χ1n) is 5.05. The summed E-state index contributed by atoms with van der Waals surface area (Å²) in [5, 5.41) is 20.8. The van der Waals surface area contributed by atoms with Gasteiger partial charge in [-0.1, -0.05) is 59.7 Å². The van der Waals surface area contributed by atoms with Crippen molar-refractivity contribution in [2.45, 2.75) is 13.8 Å². The fourth-order valence-electron chi connectivity index (χ4n) is 1.08. The molecule has 0 bridgehead atoms. The van der Waals surface area contributed by atoms with Crippen molar-refractivity contribution in [1.82, 2.24) is 0 Å². The molecule has 0 heterocycles. The van der Waals surface area contributed by atoms with Gasteiger partial charge >= 0.3 is 48.9 Å². The number of rotatable bonds is 0. The summed E-state index contributed by atoms with van der Waals surface area (Å²) in [6.45, 7) is 3.92. The smallest absolute Gasteiger partial charge is 0.872 e. The van der Waals surface area contributed by atoms with Crippen LogP contribution in [0.25, 0.3) is 0 Å². The largest absolute Gasteiger partial charge is 2.00 e. The Bertz CT molecular complexity index is 335. The van der Waals surface area contributed by atoms with Crippen molar-refractivity contribution in [2.75, 3.05) is 0 Å². The molecule has 0 amide bonds. The SMILES string of the molecule is Cc1ccc([O-])cc1.Cc1ccc([O-])cc1.[Ba+2]. The van der Waals surface area contributed by atoms with Crippen LogP contribution in [0.1, 0.15) is 11.1 Å². The molecular formula is C14H14BaO2. The number of benzene rings is 2. The van der Waals surface area contributed by atoms with Crippen LogP contribution in [0.4, 0.5) is 0 Å². The number of aryl methyl sites for hydroxylation is 2. The summed E-state index contributed by atoms with van der Waals surface area (Å²) in [7, 11) is 0. The molecule has 84 valence electrons. The Morgan fingerprint density at radius 2 is 0.824 bits per heavy atom. The maximum absolute atomic E-state index is 10.4. The molecule has 0 saturated carbocycles. The van der Waals surface area contributed by atoms with E-state index in [2.05, 4.69) is 0 Å². The van der Waals surface area contributed by atoms with Gasteiger partial charge in [0, 0.05) is 0 Å². The van der Waals surface area contributed by atoms with Crippen molar-refractivity contribution in [1.29, 1.82) is 0 Å². The molecule has 0 aliphatic carbocycles. The molecule has 0 radical (unpaired) electrons. The van der Waals surface area contributed by atoms with E-state index in [4.69, 9.17) is 0 Å². The summed E-state index contributed by atoms with van der Waals surface area (Å²) in [5.74, 6) is 0.159. The van der Waals surface area contributed by atoms with E-state index in [1.54, 1.807) is 24.3 Å². The van der Waals surface area contributed by atoms with Gasteiger partial charge in [0.1, 0.15) is 0 Å². The summed E-state index contributed by atoms with van der Waals surface area (Å²) in [5.41, 5.74) is 2.26. The molecule has 0 aliphatic heterocycles. The molecule has 0 fully saturated rings. The molecule has 17 heavy (non-hydrogen) atoms. The van der Waals surface area contributed by atoms with Crippen LogP contribution < -0.4 is 10.2 Å². The minimum Gasteiger partial charge on any atom is -0.872 e. The van der Waals surface area contributed by atoms with Gasteiger partial charge in [0.05, 0.1) is 0 Å². The van der Waals surface area contributed by atoms with Gasteiger partial charge in [-0.2, -0.15) is 0 Å². The van der Waals surface area contributed by atoms with E-state index in [1.807, 2.05) is 38.1 Å². The maximum Gasteiger partial charge on any atom is 2.00 e. The van der Waals surface area contributed by atoms with Crippen molar-refractivity contribution in [2.24, 2.45) is 0 Å². The Balaban J connectivity index is 0.000000284. The van der Waals surface area contributed by atoms with Crippen molar-refractivity contribution < 1.29 is 10.2 Å². The van der Waals surface area contributed by atoms with E-state index < -0.39 is 0 Å². The minimum absolute atomic E-state index is 0. The van der Waals surface area contributed by atoms with Crippen LogP contribution in [-0.2, 0) is 0 Å². The van der Waals surface area contributed by atoms with E-state index in [-0.39, 0.29) is 60.4 Å². The first kappa shape index (κ1) is 16.6. The minimum atomic E-state index is 0. The van der Waals surface area contributed by atoms with Crippen LogP contribution in [-0.4, -0.2) is 48.9 Å².